The van der Waals surface area contributed by atoms with E-state index in [-0.39, 0.29) is 11.4 Å². The third-order valence-electron chi connectivity index (χ3n) is 2.10. The molecule has 90 valence electrons. The van der Waals surface area contributed by atoms with Gasteiger partial charge in [-0.15, -0.1) is 0 Å². The van der Waals surface area contributed by atoms with Gasteiger partial charge in [-0.1, -0.05) is 27.2 Å². The van der Waals surface area contributed by atoms with Crippen molar-refractivity contribution in [1.82, 2.24) is 5.32 Å². The third kappa shape index (κ3) is 11.4. The molecule has 0 aliphatic rings. The molecule has 0 aromatic heterocycles. The minimum absolute atomic E-state index is 0.0961. The average molecular weight is 213 g/mol. The molecule has 0 saturated heterocycles. The normalized spacial score (nSPS) is 12.7. The van der Waals surface area contributed by atoms with Crippen LogP contribution in [0.2, 0.25) is 0 Å². The number of hydrogen-bond acceptors (Lipinski definition) is 1. The van der Waals surface area contributed by atoms with Crippen molar-refractivity contribution in [3.63, 3.8) is 0 Å². The van der Waals surface area contributed by atoms with Gasteiger partial charge in [-0.3, -0.25) is 4.79 Å². The Bertz CT molecular complexity index is 196. The minimum atomic E-state index is -0.0961. The first-order valence-corrected chi connectivity index (χ1v) is 5.91. The molecule has 0 fully saturated rings. The summed E-state index contributed by atoms with van der Waals surface area (Å²) in [6, 6.07) is 0. The summed E-state index contributed by atoms with van der Waals surface area (Å²) in [4.78, 5) is 11.5. The molecule has 0 unspecified atom stereocenters. The molecule has 0 heterocycles. The molecule has 15 heavy (non-hydrogen) atoms. The highest BCUT2D eigenvalue weighted by molar-refractivity contribution is 5.76. The van der Waals surface area contributed by atoms with Crippen molar-refractivity contribution in [1.29, 1.82) is 0 Å². The molecule has 0 saturated carbocycles. The van der Waals surface area contributed by atoms with Gasteiger partial charge < -0.3 is 5.32 Å². The van der Waals surface area contributed by atoms with Crippen molar-refractivity contribution in [2.24, 2.45) is 5.41 Å². The van der Waals surface area contributed by atoms with E-state index in [2.05, 4.69) is 26.1 Å². The second-order valence-electron chi connectivity index (χ2n) is 6.57. The Hall–Kier alpha value is -0.530. The molecule has 2 nitrogen and oxygen atoms in total. The van der Waals surface area contributed by atoms with Gasteiger partial charge in [0.2, 0.25) is 5.91 Å². The van der Waals surface area contributed by atoms with Crippen LogP contribution in [-0.2, 0) is 4.79 Å². The van der Waals surface area contributed by atoms with E-state index in [1.54, 1.807) is 0 Å². The Labute approximate surface area is 94.8 Å². The second-order valence-corrected chi connectivity index (χ2v) is 6.57. The Morgan fingerprint density at radius 3 is 1.93 bits per heavy atom. The Kier molecular flexibility index (Phi) is 5.33. The summed E-state index contributed by atoms with van der Waals surface area (Å²) >= 11 is 0. The van der Waals surface area contributed by atoms with E-state index in [0.717, 1.165) is 12.8 Å². The molecule has 0 atom stereocenters. The largest absolute Gasteiger partial charge is 0.352 e. The number of nitrogens with one attached hydrogen (secondary N) is 1. The van der Waals surface area contributed by atoms with Gasteiger partial charge >= 0.3 is 0 Å². The summed E-state index contributed by atoms with van der Waals surface area (Å²) in [6.45, 7) is 12.8. The first-order chi connectivity index (χ1) is 6.60. The molecule has 0 aliphatic carbocycles. The lowest BCUT2D eigenvalue weighted by Crippen LogP contribution is -2.40. The van der Waals surface area contributed by atoms with E-state index in [4.69, 9.17) is 0 Å². The maximum atomic E-state index is 11.5. The van der Waals surface area contributed by atoms with Crippen molar-refractivity contribution >= 4 is 5.91 Å². The van der Waals surface area contributed by atoms with Gasteiger partial charge in [0.1, 0.15) is 0 Å². The topological polar surface area (TPSA) is 29.1 Å². The molecule has 0 radical (unpaired) electrons. The molecular weight excluding hydrogens is 186 g/mol. The number of hydrogen-bond donors (Lipinski definition) is 1. The molecular formula is C13H27NO. The summed E-state index contributed by atoms with van der Waals surface area (Å²) in [7, 11) is 0. The van der Waals surface area contributed by atoms with Crippen LogP contribution in [0.5, 0.6) is 0 Å². The van der Waals surface area contributed by atoms with E-state index in [1.807, 2.05) is 20.8 Å². The summed E-state index contributed by atoms with van der Waals surface area (Å²) in [6.07, 6.45) is 3.99. The first-order valence-electron chi connectivity index (χ1n) is 5.91. The Balaban J connectivity index is 3.57. The highest BCUT2D eigenvalue weighted by Crippen LogP contribution is 2.21. The standard InChI is InChI=1S/C13H27NO/c1-12(2,3)10-8-7-9-11(15)14-13(4,5)6/h7-10H2,1-6H3,(H,14,15). The fourth-order valence-electron chi connectivity index (χ4n) is 1.42. The van der Waals surface area contributed by atoms with Crippen LogP contribution in [0.3, 0.4) is 0 Å². The maximum absolute atomic E-state index is 11.5. The van der Waals surface area contributed by atoms with E-state index in [1.165, 1.54) is 6.42 Å². The molecule has 0 spiro atoms. The zero-order valence-corrected chi connectivity index (χ0v) is 11.2. The molecule has 0 rings (SSSR count). The van der Waals surface area contributed by atoms with E-state index in [0.29, 0.717) is 11.8 Å². The van der Waals surface area contributed by atoms with Crippen LogP contribution < -0.4 is 5.32 Å². The van der Waals surface area contributed by atoms with Gasteiger partial charge in [-0.2, -0.15) is 0 Å². The highest BCUT2D eigenvalue weighted by atomic mass is 16.1. The summed E-state index contributed by atoms with van der Waals surface area (Å²) in [5.74, 6) is 0.177. The van der Waals surface area contributed by atoms with E-state index < -0.39 is 0 Å². The number of amides is 1. The fraction of sp³-hybridized carbons (Fsp3) is 0.923. The van der Waals surface area contributed by atoms with E-state index >= 15 is 0 Å². The smallest absolute Gasteiger partial charge is 0.220 e. The van der Waals surface area contributed by atoms with Gasteiger partial charge in [0.15, 0.2) is 0 Å². The Morgan fingerprint density at radius 1 is 1.00 bits per heavy atom. The summed E-state index contributed by atoms with van der Waals surface area (Å²) < 4.78 is 0. The second kappa shape index (κ2) is 5.53. The molecule has 0 aliphatic heterocycles. The van der Waals surface area contributed by atoms with Crippen LogP contribution in [0, 0.1) is 5.41 Å². The van der Waals surface area contributed by atoms with Crippen LogP contribution in [0.25, 0.3) is 0 Å². The van der Waals surface area contributed by atoms with Crippen molar-refractivity contribution in [2.75, 3.05) is 0 Å². The summed E-state index contributed by atoms with van der Waals surface area (Å²) in [5.41, 5.74) is 0.293. The highest BCUT2D eigenvalue weighted by Gasteiger charge is 2.14. The quantitative estimate of drug-likeness (QED) is 0.711. The average Bonchev–Trinajstić information content (AvgIpc) is 1.92. The summed E-state index contributed by atoms with van der Waals surface area (Å²) in [5, 5.41) is 2.98. The van der Waals surface area contributed by atoms with Gasteiger partial charge in [-0.25, -0.2) is 0 Å². The number of carbonyl (C=O) groups is 1. The zero-order valence-electron chi connectivity index (χ0n) is 11.2. The van der Waals surface area contributed by atoms with Crippen molar-refractivity contribution in [3.8, 4) is 0 Å². The number of carbonyl (C=O) groups excluding carboxylic acids is 1. The third-order valence-corrected chi connectivity index (χ3v) is 2.10. The maximum Gasteiger partial charge on any atom is 0.220 e. The monoisotopic (exact) mass is 213 g/mol. The van der Waals surface area contributed by atoms with Crippen LogP contribution in [0.15, 0.2) is 0 Å². The van der Waals surface area contributed by atoms with Gasteiger partial charge in [0.25, 0.3) is 0 Å². The fourth-order valence-corrected chi connectivity index (χ4v) is 1.42. The molecule has 1 amide bonds. The number of rotatable bonds is 4. The molecule has 1 N–H and O–H groups in total. The SMILES string of the molecule is CC(C)(C)CCCCC(=O)NC(C)(C)C. The van der Waals surface area contributed by atoms with Crippen molar-refractivity contribution < 1.29 is 4.79 Å². The zero-order chi connectivity index (χ0) is 12.1. The molecule has 0 bridgehead atoms. The van der Waals surface area contributed by atoms with Gasteiger partial charge in [0, 0.05) is 12.0 Å². The molecule has 0 aromatic rings. The van der Waals surface area contributed by atoms with Crippen LogP contribution in [0.1, 0.15) is 67.2 Å². The van der Waals surface area contributed by atoms with E-state index in [9.17, 15) is 4.79 Å². The number of unbranched alkanes of at least 4 members (excludes halogenated alkanes) is 1. The van der Waals surface area contributed by atoms with Gasteiger partial charge in [-0.05, 0) is 39.0 Å². The minimum Gasteiger partial charge on any atom is -0.352 e. The van der Waals surface area contributed by atoms with Crippen LogP contribution in [-0.4, -0.2) is 11.4 Å². The molecule has 0 aromatic carbocycles. The van der Waals surface area contributed by atoms with Crippen molar-refractivity contribution in [3.05, 3.63) is 0 Å². The lowest BCUT2D eigenvalue weighted by atomic mass is 9.89. The first kappa shape index (κ1) is 14.5. The Morgan fingerprint density at radius 2 is 1.53 bits per heavy atom. The predicted molar refractivity (Wildman–Crippen MR) is 65.8 cm³/mol. The van der Waals surface area contributed by atoms with Crippen molar-refractivity contribution in [2.45, 2.75) is 72.8 Å². The lowest BCUT2D eigenvalue weighted by molar-refractivity contribution is -0.122. The molecule has 2 heteroatoms. The lowest BCUT2D eigenvalue weighted by Gasteiger charge is -2.21. The van der Waals surface area contributed by atoms with Gasteiger partial charge in [0.05, 0.1) is 0 Å². The van der Waals surface area contributed by atoms with Crippen LogP contribution in [0.4, 0.5) is 0 Å². The van der Waals surface area contributed by atoms with Crippen LogP contribution >= 0.6 is 0 Å². The predicted octanol–water partition coefficient (Wildman–Crippen LogP) is 3.51.